The summed E-state index contributed by atoms with van der Waals surface area (Å²) in [5.74, 6) is 0.771. The minimum absolute atomic E-state index is 0.101. The molecule has 2 atom stereocenters. The average molecular weight is 319 g/mol. The van der Waals surface area contributed by atoms with Gasteiger partial charge in [-0.3, -0.25) is 9.59 Å². The molecule has 0 aromatic heterocycles. The van der Waals surface area contributed by atoms with Gasteiger partial charge in [-0.1, -0.05) is 12.8 Å². The third-order valence-corrected chi connectivity index (χ3v) is 6.24. The zero-order valence-electron chi connectivity index (χ0n) is 14.0. The Kier molecular flexibility index (Phi) is 4.31. The number of amides is 2. The highest BCUT2D eigenvalue weighted by atomic mass is 16.2. The molecule has 0 aromatic rings. The minimum Gasteiger partial charge on any atom is -0.355 e. The Labute approximate surface area is 138 Å². The van der Waals surface area contributed by atoms with E-state index in [9.17, 15) is 9.59 Å². The monoisotopic (exact) mass is 319 g/mol. The maximum Gasteiger partial charge on any atom is 0.225 e. The lowest BCUT2D eigenvalue weighted by molar-refractivity contribution is -0.130. The molecular weight excluding hydrogens is 290 g/mol. The maximum absolute atomic E-state index is 12.4. The first kappa shape index (κ1) is 15.4. The Morgan fingerprint density at radius 2 is 1.83 bits per heavy atom. The van der Waals surface area contributed by atoms with E-state index in [1.807, 2.05) is 4.90 Å². The molecule has 2 aliphatic heterocycles. The summed E-state index contributed by atoms with van der Waals surface area (Å²) in [5, 5.41) is 3.13. The van der Waals surface area contributed by atoms with Crippen molar-refractivity contribution in [1.29, 1.82) is 0 Å². The van der Waals surface area contributed by atoms with Gasteiger partial charge >= 0.3 is 0 Å². The maximum atomic E-state index is 12.4. The van der Waals surface area contributed by atoms with Crippen molar-refractivity contribution in [2.24, 2.45) is 11.8 Å². The second-order valence-corrected chi connectivity index (χ2v) is 8.01. The smallest absolute Gasteiger partial charge is 0.225 e. The lowest BCUT2D eigenvalue weighted by Crippen LogP contribution is -2.38. The van der Waals surface area contributed by atoms with Crippen molar-refractivity contribution in [3.8, 4) is 0 Å². The fourth-order valence-corrected chi connectivity index (χ4v) is 4.67. The standard InChI is InChI=1S/C18H29N3O2/c22-17-9-14(12-21(17)16-3-1-2-4-16)18(23)19-10-13-7-8-20(11-13)15-5-6-15/h13-16H,1-12H2,(H,19,23)/t13-,14-/m0/s1. The van der Waals surface area contributed by atoms with E-state index >= 15 is 0 Å². The van der Waals surface area contributed by atoms with Crippen LogP contribution < -0.4 is 5.32 Å². The Hall–Kier alpha value is -1.10. The van der Waals surface area contributed by atoms with Crippen molar-refractivity contribution in [2.75, 3.05) is 26.2 Å². The number of carbonyl (C=O) groups excluding carboxylic acids is 2. The molecule has 1 N–H and O–H groups in total. The molecule has 5 nitrogen and oxygen atoms in total. The summed E-state index contributed by atoms with van der Waals surface area (Å²) >= 11 is 0. The molecule has 4 rings (SSSR count). The second-order valence-electron chi connectivity index (χ2n) is 8.01. The first-order valence-corrected chi connectivity index (χ1v) is 9.52. The van der Waals surface area contributed by atoms with Crippen molar-refractivity contribution >= 4 is 11.8 Å². The van der Waals surface area contributed by atoms with Gasteiger partial charge in [0.05, 0.1) is 5.92 Å². The highest BCUT2D eigenvalue weighted by Crippen LogP contribution is 2.32. The molecule has 0 spiro atoms. The van der Waals surface area contributed by atoms with Crippen molar-refractivity contribution in [3.63, 3.8) is 0 Å². The van der Waals surface area contributed by atoms with Crippen LogP contribution in [0.15, 0.2) is 0 Å². The van der Waals surface area contributed by atoms with Gasteiger partial charge in [-0.2, -0.15) is 0 Å². The summed E-state index contributed by atoms with van der Waals surface area (Å²) in [6, 6.07) is 1.24. The topological polar surface area (TPSA) is 52.7 Å². The SMILES string of the molecule is O=C(NC[C@@H]1CCN(C2CC2)C1)[C@H]1CC(=O)N(C2CCCC2)C1. The number of carbonyl (C=O) groups is 2. The number of hydrogen-bond acceptors (Lipinski definition) is 3. The first-order chi connectivity index (χ1) is 11.2. The molecule has 23 heavy (non-hydrogen) atoms. The number of nitrogens with zero attached hydrogens (tertiary/aromatic N) is 2. The van der Waals surface area contributed by atoms with E-state index in [1.54, 1.807) is 0 Å². The molecule has 0 bridgehead atoms. The van der Waals surface area contributed by atoms with Crippen LogP contribution in [0.25, 0.3) is 0 Å². The van der Waals surface area contributed by atoms with Gasteiger partial charge < -0.3 is 15.1 Å². The molecule has 4 fully saturated rings. The average Bonchev–Trinajstić information content (AvgIpc) is 2.95. The Bertz CT molecular complexity index is 471. The van der Waals surface area contributed by atoms with E-state index in [2.05, 4.69) is 10.2 Å². The van der Waals surface area contributed by atoms with Gasteiger partial charge in [-0.15, -0.1) is 0 Å². The fraction of sp³-hybridized carbons (Fsp3) is 0.889. The molecule has 2 aliphatic carbocycles. The molecule has 2 saturated heterocycles. The van der Waals surface area contributed by atoms with Gasteiger partial charge in [-0.05, 0) is 44.6 Å². The van der Waals surface area contributed by atoms with Crippen molar-refractivity contribution in [3.05, 3.63) is 0 Å². The van der Waals surface area contributed by atoms with Crippen molar-refractivity contribution in [1.82, 2.24) is 15.1 Å². The van der Waals surface area contributed by atoms with E-state index in [-0.39, 0.29) is 17.7 Å². The summed E-state index contributed by atoms with van der Waals surface area (Å²) in [5.41, 5.74) is 0. The zero-order chi connectivity index (χ0) is 15.8. The van der Waals surface area contributed by atoms with Gasteiger partial charge in [0.15, 0.2) is 0 Å². The van der Waals surface area contributed by atoms with E-state index < -0.39 is 0 Å². The molecule has 128 valence electrons. The normalized spacial score (nSPS) is 32.9. The van der Waals surface area contributed by atoms with Crippen LogP contribution in [0.2, 0.25) is 0 Å². The highest BCUT2D eigenvalue weighted by molar-refractivity contribution is 5.89. The quantitative estimate of drug-likeness (QED) is 0.833. The summed E-state index contributed by atoms with van der Waals surface area (Å²) in [6.45, 7) is 3.77. The molecule has 0 aromatic carbocycles. The predicted octanol–water partition coefficient (Wildman–Crippen LogP) is 1.38. The van der Waals surface area contributed by atoms with Crippen LogP contribution in [0.5, 0.6) is 0 Å². The molecule has 0 radical (unpaired) electrons. The Balaban J connectivity index is 1.22. The third kappa shape index (κ3) is 3.39. The van der Waals surface area contributed by atoms with Gasteiger partial charge in [0.2, 0.25) is 11.8 Å². The minimum atomic E-state index is -0.121. The first-order valence-electron chi connectivity index (χ1n) is 9.52. The van der Waals surface area contributed by atoms with E-state index in [4.69, 9.17) is 0 Å². The van der Waals surface area contributed by atoms with Crippen LogP contribution in [0.4, 0.5) is 0 Å². The molecule has 5 heteroatoms. The lowest BCUT2D eigenvalue weighted by Gasteiger charge is -2.24. The van der Waals surface area contributed by atoms with Crippen molar-refractivity contribution < 1.29 is 9.59 Å². The Morgan fingerprint density at radius 1 is 1.04 bits per heavy atom. The zero-order valence-corrected chi connectivity index (χ0v) is 14.0. The fourth-order valence-electron chi connectivity index (χ4n) is 4.67. The summed E-state index contributed by atoms with van der Waals surface area (Å²) < 4.78 is 0. The Morgan fingerprint density at radius 3 is 2.57 bits per heavy atom. The summed E-state index contributed by atoms with van der Waals surface area (Å²) in [6.07, 6.45) is 9.05. The summed E-state index contributed by atoms with van der Waals surface area (Å²) in [7, 11) is 0. The molecule has 2 heterocycles. The van der Waals surface area contributed by atoms with Gasteiger partial charge in [-0.25, -0.2) is 0 Å². The van der Waals surface area contributed by atoms with Crippen LogP contribution in [0.1, 0.15) is 51.4 Å². The van der Waals surface area contributed by atoms with Crippen LogP contribution >= 0.6 is 0 Å². The van der Waals surface area contributed by atoms with Gasteiger partial charge in [0.25, 0.3) is 0 Å². The van der Waals surface area contributed by atoms with Crippen LogP contribution in [-0.4, -0.2) is 59.9 Å². The largest absolute Gasteiger partial charge is 0.355 e. The van der Waals surface area contributed by atoms with Crippen LogP contribution in [0, 0.1) is 11.8 Å². The number of likely N-dealkylation sites (tertiary alicyclic amines) is 2. The molecule has 2 saturated carbocycles. The predicted molar refractivity (Wildman–Crippen MR) is 87.8 cm³/mol. The van der Waals surface area contributed by atoms with E-state index in [0.717, 1.165) is 32.0 Å². The second kappa shape index (κ2) is 6.42. The number of nitrogens with one attached hydrogen (secondary N) is 1. The molecule has 0 unspecified atom stereocenters. The van der Waals surface area contributed by atoms with Gasteiger partial charge in [0, 0.05) is 38.1 Å². The highest BCUT2D eigenvalue weighted by Gasteiger charge is 2.39. The lowest BCUT2D eigenvalue weighted by atomic mass is 10.1. The van der Waals surface area contributed by atoms with Gasteiger partial charge in [0.1, 0.15) is 0 Å². The number of hydrogen-bond donors (Lipinski definition) is 1. The van der Waals surface area contributed by atoms with E-state index in [0.29, 0.717) is 24.9 Å². The van der Waals surface area contributed by atoms with E-state index in [1.165, 1.54) is 38.6 Å². The summed E-state index contributed by atoms with van der Waals surface area (Å²) in [4.78, 5) is 29.2. The van der Waals surface area contributed by atoms with Crippen LogP contribution in [-0.2, 0) is 9.59 Å². The molecular formula is C18H29N3O2. The molecule has 2 amide bonds. The molecule has 4 aliphatic rings. The van der Waals surface area contributed by atoms with Crippen molar-refractivity contribution in [2.45, 2.75) is 63.5 Å². The number of rotatable bonds is 5. The van der Waals surface area contributed by atoms with Crippen LogP contribution in [0.3, 0.4) is 0 Å². The third-order valence-electron chi connectivity index (χ3n) is 6.24.